The fourth-order valence-electron chi connectivity index (χ4n) is 1.25. The first-order valence-electron chi connectivity index (χ1n) is 4.45. The van der Waals surface area contributed by atoms with E-state index in [0.717, 1.165) is 12.5 Å². The van der Waals surface area contributed by atoms with Crippen molar-refractivity contribution in [2.24, 2.45) is 5.92 Å². The Labute approximate surface area is 82.1 Å². The van der Waals surface area contributed by atoms with Gasteiger partial charge in [0, 0.05) is 0 Å². The number of halogens is 1. The second-order valence-corrected chi connectivity index (χ2v) is 3.63. The lowest BCUT2D eigenvalue weighted by atomic mass is 9.86. The normalized spacial score (nSPS) is 16.7. The molecule has 70 valence electrons. The molecule has 0 spiro atoms. The van der Waals surface area contributed by atoms with Crippen LogP contribution in [0.15, 0.2) is 12.4 Å². The van der Waals surface area contributed by atoms with Crippen molar-refractivity contribution in [2.45, 2.75) is 19.3 Å². The second kappa shape index (κ2) is 3.92. The number of hydrogen-bond donors (Lipinski definition) is 0. The number of rotatable bonds is 3. The van der Waals surface area contributed by atoms with Crippen molar-refractivity contribution in [2.75, 3.05) is 6.61 Å². The molecule has 1 aliphatic rings. The maximum Gasteiger partial charge on any atom is 0.222 e. The summed E-state index contributed by atoms with van der Waals surface area (Å²) in [7, 11) is 0. The van der Waals surface area contributed by atoms with E-state index >= 15 is 0 Å². The van der Waals surface area contributed by atoms with Gasteiger partial charge >= 0.3 is 0 Å². The highest BCUT2D eigenvalue weighted by Gasteiger charge is 2.17. The van der Waals surface area contributed by atoms with E-state index < -0.39 is 0 Å². The van der Waals surface area contributed by atoms with Crippen LogP contribution in [-0.4, -0.2) is 16.6 Å². The van der Waals surface area contributed by atoms with Gasteiger partial charge in [0.05, 0.1) is 19.0 Å². The van der Waals surface area contributed by atoms with E-state index in [1.807, 2.05) is 0 Å². The number of aromatic nitrogens is 2. The van der Waals surface area contributed by atoms with Crippen molar-refractivity contribution in [3.63, 3.8) is 0 Å². The third-order valence-corrected chi connectivity index (χ3v) is 2.50. The molecule has 0 bridgehead atoms. The molecule has 13 heavy (non-hydrogen) atoms. The second-order valence-electron chi connectivity index (χ2n) is 3.30. The van der Waals surface area contributed by atoms with Crippen LogP contribution < -0.4 is 4.74 Å². The average molecular weight is 199 g/mol. The van der Waals surface area contributed by atoms with Crippen molar-refractivity contribution < 1.29 is 4.74 Å². The molecule has 0 amide bonds. The molecule has 0 N–H and O–H groups in total. The molecule has 0 saturated heterocycles. The van der Waals surface area contributed by atoms with Gasteiger partial charge < -0.3 is 4.74 Å². The standard InChI is InChI=1S/C9H11ClN2O/c10-9-11-4-8(5-12-9)13-6-7-2-1-3-7/h4-5,7H,1-3,6H2. The quantitative estimate of drug-likeness (QED) is 0.700. The van der Waals surface area contributed by atoms with Crippen LogP contribution in [-0.2, 0) is 0 Å². The van der Waals surface area contributed by atoms with Gasteiger partial charge in [0.2, 0.25) is 5.28 Å². The fourth-order valence-corrected chi connectivity index (χ4v) is 1.35. The molecular formula is C9H11ClN2O. The van der Waals surface area contributed by atoms with E-state index in [0.29, 0.717) is 5.75 Å². The minimum absolute atomic E-state index is 0.260. The van der Waals surface area contributed by atoms with Crippen LogP contribution in [0.5, 0.6) is 5.75 Å². The number of nitrogens with zero attached hydrogens (tertiary/aromatic N) is 2. The first-order chi connectivity index (χ1) is 6.34. The Hall–Kier alpha value is -0.830. The molecule has 0 aliphatic heterocycles. The van der Waals surface area contributed by atoms with Crippen LogP contribution in [0.4, 0.5) is 0 Å². The highest BCUT2D eigenvalue weighted by molar-refractivity contribution is 6.28. The van der Waals surface area contributed by atoms with Crippen molar-refractivity contribution in [3.05, 3.63) is 17.7 Å². The predicted octanol–water partition coefficient (Wildman–Crippen LogP) is 2.31. The highest BCUT2D eigenvalue weighted by atomic mass is 35.5. The number of hydrogen-bond acceptors (Lipinski definition) is 3. The Balaban J connectivity index is 1.83. The van der Waals surface area contributed by atoms with Gasteiger partial charge in [-0.1, -0.05) is 6.42 Å². The molecule has 2 rings (SSSR count). The van der Waals surface area contributed by atoms with Gasteiger partial charge in [0.15, 0.2) is 5.75 Å². The summed E-state index contributed by atoms with van der Waals surface area (Å²) in [6.07, 6.45) is 7.12. The van der Waals surface area contributed by atoms with E-state index in [2.05, 4.69) is 9.97 Å². The molecule has 1 saturated carbocycles. The fraction of sp³-hybridized carbons (Fsp3) is 0.556. The molecule has 1 aliphatic carbocycles. The largest absolute Gasteiger partial charge is 0.490 e. The van der Waals surface area contributed by atoms with E-state index in [4.69, 9.17) is 16.3 Å². The SMILES string of the molecule is Clc1ncc(OCC2CCC2)cn1. The summed E-state index contributed by atoms with van der Waals surface area (Å²) in [6.45, 7) is 0.783. The van der Waals surface area contributed by atoms with Gasteiger partial charge in [-0.15, -0.1) is 0 Å². The smallest absolute Gasteiger partial charge is 0.222 e. The first kappa shape index (κ1) is 8.75. The molecule has 0 radical (unpaired) electrons. The summed E-state index contributed by atoms with van der Waals surface area (Å²) in [6, 6.07) is 0. The Morgan fingerprint density at radius 2 is 2.08 bits per heavy atom. The van der Waals surface area contributed by atoms with Gasteiger partial charge in [0.1, 0.15) is 0 Å². The molecule has 1 aromatic rings. The minimum Gasteiger partial charge on any atom is -0.490 e. The van der Waals surface area contributed by atoms with Gasteiger partial charge in [0.25, 0.3) is 0 Å². The molecule has 0 atom stereocenters. The first-order valence-corrected chi connectivity index (χ1v) is 4.83. The molecule has 3 nitrogen and oxygen atoms in total. The minimum atomic E-state index is 0.260. The van der Waals surface area contributed by atoms with Crippen LogP contribution in [0.25, 0.3) is 0 Å². The van der Waals surface area contributed by atoms with E-state index in [1.165, 1.54) is 19.3 Å². The monoisotopic (exact) mass is 198 g/mol. The topological polar surface area (TPSA) is 35.0 Å². The summed E-state index contributed by atoms with van der Waals surface area (Å²) in [5, 5.41) is 0.260. The molecule has 0 aromatic carbocycles. The Kier molecular flexibility index (Phi) is 2.64. The van der Waals surface area contributed by atoms with E-state index in [1.54, 1.807) is 12.4 Å². The molecule has 4 heteroatoms. The summed E-state index contributed by atoms with van der Waals surface area (Å²) in [4.78, 5) is 7.66. The number of ether oxygens (including phenoxy) is 1. The molecular weight excluding hydrogens is 188 g/mol. The van der Waals surface area contributed by atoms with Crippen molar-refractivity contribution in [3.8, 4) is 5.75 Å². The predicted molar refractivity (Wildman–Crippen MR) is 49.9 cm³/mol. The lowest BCUT2D eigenvalue weighted by Crippen LogP contribution is -2.19. The third kappa shape index (κ3) is 2.31. The van der Waals surface area contributed by atoms with Crippen LogP contribution >= 0.6 is 11.6 Å². The summed E-state index contributed by atoms with van der Waals surface area (Å²) < 4.78 is 5.48. The van der Waals surface area contributed by atoms with Crippen LogP contribution in [0, 0.1) is 5.92 Å². The van der Waals surface area contributed by atoms with Crippen molar-refractivity contribution >= 4 is 11.6 Å². The van der Waals surface area contributed by atoms with Crippen molar-refractivity contribution in [1.82, 2.24) is 9.97 Å². The average Bonchev–Trinajstić information content (AvgIpc) is 2.05. The Morgan fingerprint density at radius 3 is 2.62 bits per heavy atom. The van der Waals surface area contributed by atoms with Gasteiger partial charge in [-0.25, -0.2) is 9.97 Å². The van der Waals surface area contributed by atoms with Crippen LogP contribution in [0.2, 0.25) is 5.28 Å². The Bertz CT molecular complexity index is 271. The van der Waals surface area contributed by atoms with E-state index in [9.17, 15) is 0 Å². The lowest BCUT2D eigenvalue weighted by Gasteiger charge is -2.24. The maximum atomic E-state index is 5.54. The molecule has 1 aromatic heterocycles. The molecule has 0 unspecified atom stereocenters. The zero-order valence-electron chi connectivity index (χ0n) is 7.24. The van der Waals surface area contributed by atoms with Gasteiger partial charge in [-0.05, 0) is 30.4 Å². The summed E-state index contributed by atoms with van der Waals surface area (Å²) in [5.74, 6) is 1.44. The zero-order valence-corrected chi connectivity index (χ0v) is 8.00. The highest BCUT2D eigenvalue weighted by Crippen LogP contribution is 2.26. The van der Waals surface area contributed by atoms with Gasteiger partial charge in [-0.3, -0.25) is 0 Å². The summed E-state index contributed by atoms with van der Waals surface area (Å²) >= 11 is 5.54. The molecule has 1 heterocycles. The lowest BCUT2D eigenvalue weighted by molar-refractivity contribution is 0.179. The molecule has 1 fully saturated rings. The van der Waals surface area contributed by atoms with Crippen molar-refractivity contribution in [1.29, 1.82) is 0 Å². The summed E-state index contributed by atoms with van der Waals surface area (Å²) in [5.41, 5.74) is 0. The zero-order chi connectivity index (χ0) is 9.10. The maximum absolute atomic E-state index is 5.54. The van der Waals surface area contributed by atoms with Crippen LogP contribution in [0.1, 0.15) is 19.3 Å². The van der Waals surface area contributed by atoms with Gasteiger partial charge in [-0.2, -0.15) is 0 Å². The van der Waals surface area contributed by atoms with Crippen LogP contribution in [0.3, 0.4) is 0 Å². The Morgan fingerprint density at radius 1 is 1.38 bits per heavy atom. The third-order valence-electron chi connectivity index (χ3n) is 2.31. The van der Waals surface area contributed by atoms with E-state index in [-0.39, 0.29) is 5.28 Å².